The molecule has 2 unspecified atom stereocenters. The van der Waals surface area contributed by atoms with Gasteiger partial charge in [0.25, 0.3) is 0 Å². The lowest BCUT2D eigenvalue weighted by Crippen LogP contribution is -2.48. The summed E-state index contributed by atoms with van der Waals surface area (Å²) in [6.45, 7) is 9.46. The average molecular weight is 295 g/mol. The number of nitrogens with zero attached hydrogens (tertiary/aromatic N) is 2. The fourth-order valence-electron chi connectivity index (χ4n) is 2.61. The molecular weight excluding hydrogens is 270 g/mol. The van der Waals surface area contributed by atoms with Crippen LogP contribution in [0.2, 0.25) is 0 Å². The van der Waals surface area contributed by atoms with E-state index in [2.05, 4.69) is 60.2 Å². The van der Waals surface area contributed by atoms with Crippen molar-refractivity contribution in [1.29, 1.82) is 0 Å². The summed E-state index contributed by atoms with van der Waals surface area (Å²) < 4.78 is 8.08. The first-order valence-corrected chi connectivity index (χ1v) is 8.03. The summed E-state index contributed by atoms with van der Waals surface area (Å²) in [5.74, 6) is 0. The Morgan fingerprint density at radius 3 is 2.75 bits per heavy atom. The molecule has 2 atom stereocenters. The van der Waals surface area contributed by atoms with E-state index in [9.17, 15) is 0 Å². The number of fused-ring (bicyclic) bond motifs is 1. The number of imidazole rings is 1. The second-order valence-electron chi connectivity index (χ2n) is 6.17. The number of hydrogen-bond donors (Lipinski definition) is 1. The molecule has 20 heavy (non-hydrogen) atoms. The van der Waals surface area contributed by atoms with Gasteiger partial charge in [-0.1, -0.05) is 20.8 Å². The summed E-state index contributed by atoms with van der Waals surface area (Å²) in [4.78, 5) is 5.73. The zero-order valence-electron chi connectivity index (χ0n) is 13.0. The van der Waals surface area contributed by atoms with Crippen LogP contribution in [0.1, 0.15) is 33.4 Å². The van der Waals surface area contributed by atoms with Crippen LogP contribution in [0.5, 0.6) is 0 Å². The smallest absolute Gasteiger partial charge is 0.193 e. The summed E-state index contributed by atoms with van der Waals surface area (Å²) in [6.07, 6.45) is 5.21. The molecule has 0 fully saturated rings. The van der Waals surface area contributed by atoms with Crippen LogP contribution in [-0.2, 0) is 11.2 Å². The quantitative estimate of drug-likeness (QED) is 0.890. The summed E-state index contributed by atoms with van der Waals surface area (Å²) in [7, 11) is 2.00. The Morgan fingerprint density at radius 1 is 1.45 bits per heavy atom. The number of rotatable bonds is 6. The van der Waals surface area contributed by atoms with Gasteiger partial charge in [0.2, 0.25) is 0 Å². The summed E-state index contributed by atoms with van der Waals surface area (Å²) >= 11 is 1.67. The highest BCUT2D eigenvalue weighted by atomic mass is 32.1. The van der Waals surface area contributed by atoms with E-state index < -0.39 is 0 Å². The Morgan fingerprint density at radius 2 is 2.20 bits per heavy atom. The van der Waals surface area contributed by atoms with Gasteiger partial charge in [0.05, 0.1) is 11.8 Å². The molecule has 5 heteroatoms. The van der Waals surface area contributed by atoms with Crippen LogP contribution < -0.4 is 5.32 Å². The normalized spacial score (nSPS) is 15.7. The molecule has 2 aromatic rings. The van der Waals surface area contributed by atoms with Gasteiger partial charge in [0, 0.05) is 36.8 Å². The van der Waals surface area contributed by atoms with E-state index in [0.29, 0.717) is 0 Å². The van der Waals surface area contributed by atoms with Crippen LogP contribution in [0.4, 0.5) is 0 Å². The number of nitrogens with one attached hydrogen (secondary N) is 1. The summed E-state index contributed by atoms with van der Waals surface area (Å²) in [5.41, 5.74) is 1.21. The lowest BCUT2D eigenvalue weighted by molar-refractivity contribution is -0.0342. The predicted molar refractivity (Wildman–Crippen MR) is 84.5 cm³/mol. The van der Waals surface area contributed by atoms with E-state index in [1.807, 2.05) is 7.05 Å². The Balaban J connectivity index is 2.16. The van der Waals surface area contributed by atoms with Crippen molar-refractivity contribution in [2.45, 2.75) is 46.3 Å². The molecule has 4 nitrogen and oxygen atoms in total. The maximum absolute atomic E-state index is 5.99. The third-order valence-electron chi connectivity index (χ3n) is 3.51. The lowest BCUT2D eigenvalue weighted by atomic mass is 9.83. The van der Waals surface area contributed by atoms with Gasteiger partial charge in [-0.05, 0) is 19.4 Å². The van der Waals surface area contributed by atoms with Crippen molar-refractivity contribution in [1.82, 2.24) is 14.7 Å². The molecule has 0 spiro atoms. The molecule has 0 amide bonds. The van der Waals surface area contributed by atoms with E-state index in [4.69, 9.17) is 4.74 Å². The largest absolute Gasteiger partial charge is 0.376 e. The average Bonchev–Trinajstić information content (AvgIpc) is 2.92. The molecule has 0 bridgehead atoms. The molecule has 0 radical (unpaired) electrons. The number of hydrogen-bond acceptors (Lipinski definition) is 4. The third-order valence-corrected chi connectivity index (χ3v) is 4.28. The Hall–Kier alpha value is -0.910. The fourth-order valence-corrected chi connectivity index (χ4v) is 3.33. The molecule has 0 aliphatic rings. The van der Waals surface area contributed by atoms with Crippen molar-refractivity contribution in [2.75, 3.05) is 13.7 Å². The molecule has 0 aliphatic carbocycles. The lowest BCUT2D eigenvalue weighted by Gasteiger charge is -2.36. The standard InChI is InChI=1S/C15H25N3OS/c1-6-19-13(15(2,3)4)12(16-5)9-11-10-18-7-8-20-14(18)17-11/h7-8,10,12-13,16H,6,9H2,1-5H3. The molecule has 0 saturated carbocycles. The van der Waals surface area contributed by atoms with Gasteiger partial charge in [0.1, 0.15) is 0 Å². The van der Waals surface area contributed by atoms with Crippen molar-refractivity contribution in [3.63, 3.8) is 0 Å². The fraction of sp³-hybridized carbons (Fsp3) is 0.667. The number of ether oxygens (including phenoxy) is 1. The molecule has 0 saturated heterocycles. The van der Waals surface area contributed by atoms with Gasteiger partial charge >= 0.3 is 0 Å². The van der Waals surface area contributed by atoms with Crippen LogP contribution in [0.3, 0.4) is 0 Å². The highest BCUT2D eigenvalue weighted by Crippen LogP contribution is 2.26. The van der Waals surface area contributed by atoms with E-state index in [0.717, 1.165) is 23.7 Å². The second kappa shape index (κ2) is 6.24. The monoisotopic (exact) mass is 295 g/mol. The Labute approximate surface area is 125 Å². The highest BCUT2D eigenvalue weighted by Gasteiger charge is 2.32. The minimum atomic E-state index is 0.0980. The maximum atomic E-state index is 5.99. The van der Waals surface area contributed by atoms with Gasteiger partial charge in [-0.15, -0.1) is 11.3 Å². The van der Waals surface area contributed by atoms with Gasteiger partial charge in [-0.25, -0.2) is 4.98 Å². The zero-order valence-corrected chi connectivity index (χ0v) is 13.8. The topological polar surface area (TPSA) is 38.6 Å². The first kappa shape index (κ1) is 15.5. The molecule has 0 aliphatic heterocycles. The predicted octanol–water partition coefficient (Wildman–Crippen LogP) is 2.98. The molecule has 112 valence electrons. The molecular formula is C15H25N3OS. The zero-order chi connectivity index (χ0) is 14.8. The second-order valence-corrected chi connectivity index (χ2v) is 7.04. The minimum Gasteiger partial charge on any atom is -0.376 e. The van der Waals surface area contributed by atoms with Crippen molar-refractivity contribution in [2.24, 2.45) is 5.41 Å². The van der Waals surface area contributed by atoms with Crippen LogP contribution in [0.25, 0.3) is 4.96 Å². The molecule has 1 N–H and O–H groups in total. The first-order valence-electron chi connectivity index (χ1n) is 7.15. The third kappa shape index (κ3) is 3.40. The van der Waals surface area contributed by atoms with Crippen molar-refractivity contribution in [3.8, 4) is 0 Å². The number of likely N-dealkylation sites (N-methyl/N-ethyl adjacent to an activating group) is 1. The minimum absolute atomic E-state index is 0.0980. The van der Waals surface area contributed by atoms with Crippen LogP contribution in [0.15, 0.2) is 17.8 Å². The van der Waals surface area contributed by atoms with Gasteiger partial charge in [-0.3, -0.25) is 4.40 Å². The van der Waals surface area contributed by atoms with Crippen molar-refractivity contribution in [3.05, 3.63) is 23.5 Å². The van der Waals surface area contributed by atoms with Crippen LogP contribution >= 0.6 is 11.3 Å². The van der Waals surface area contributed by atoms with Gasteiger partial charge in [0.15, 0.2) is 4.96 Å². The maximum Gasteiger partial charge on any atom is 0.193 e. The van der Waals surface area contributed by atoms with Crippen LogP contribution in [0, 0.1) is 5.41 Å². The van der Waals surface area contributed by atoms with Gasteiger partial charge in [-0.2, -0.15) is 0 Å². The highest BCUT2D eigenvalue weighted by molar-refractivity contribution is 7.15. The molecule has 0 aromatic carbocycles. The Bertz CT molecular complexity index is 512. The van der Waals surface area contributed by atoms with Crippen LogP contribution in [-0.4, -0.2) is 35.2 Å². The van der Waals surface area contributed by atoms with E-state index in [-0.39, 0.29) is 17.6 Å². The number of aromatic nitrogens is 2. The number of thiazole rings is 1. The first-order chi connectivity index (χ1) is 9.45. The molecule has 2 aromatic heterocycles. The van der Waals surface area contributed by atoms with E-state index in [1.165, 1.54) is 0 Å². The molecule has 2 heterocycles. The van der Waals surface area contributed by atoms with E-state index >= 15 is 0 Å². The Kier molecular flexibility index (Phi) is 4.83. The summed E-state index contributed by atoms with van der Waals surface area (Å²) in [5, 5.41) is 5.46. The van der Waals surface area contributed by atoms with E-state index in [1.54, 1.807) is 11.3 Å². The van der Waals surface area contributed by atoms with Gasteiger partial charge < -0.3 is 10.1 Å². The SMILES string of the molecule is CCOC(C(Cc1cn2ccsc2n1)NC)C(C)(C)C. The van der Waals surface area contributed by atoms with Crippen molar-refractivity contribution >= 4 is 16.3 Å². The molecule has 2 rings (SSSR count). The summed E-state index contributed by atoms with van der Waals surface area (Å²) in [6, 6.07) is 0.263. The van der Waals surface area contributed by atoms with Crippen molar-refractivity contribution < 1.29 is 4.74 Å².